The lowest BCUT2D eigenvalue weighted by Gasteiger charge is -2.32. The number of unbranched alkanes of at least 4 members (excludes halogenated alkanes) is 2. The number of terminal acetylenes is 1. The van der Waals surface area contributed by atoms with E-state index < -0.39 is 35.6 Å². The van der Waals surface area contributed by atoms with Crippen LogP contribution in [0.4, 0.5) is 4.79 Å². The van der Waals surface area contributed by atoms with Gasteiger partial charge in [0.05, 0.1) is 6.07 Å². The highest BCUT2D eigenvalue weighted by atomic mass is 32.1. The molecule has 2 N–H and O–H groups in total. The SMILES string of the molecule is C#Cc1ccc(C(C(=O)NCCCCC)N(CC#N)C(=O)C(CS)NC(=O)OC(C)(C)C)cc1. The van der Waals surface area contributed by atoms with E-state index in [-0.39, 0.29) is 12.3 Å². The summed E-state index contributed by atoms with van der Waals surface area (Å²) >= 11 is 4.19. The van der Waals surface area contributed by atoms with Crippen molar-refractivity contribution < 1.29 is 19.1 Å². The molecule has 0 heterocycles. The standard InChI is InChI=1S/C25H34N4O4S/c1-6-8-9-15-27-22(30)21(19-12-10-18(7-2)11-13-19)29(16-14-26)23(31)20(17-34)28-24(32)33-25(3,4)5/h2,10-13,20-21,34H,6,8-9,15-17H2,1,3-5H3,(H,27,30)(H,28,32). The number of nitriles is 1. The lowest BCUT2D eigenvalue weighted by Crippen LogP contribution is -2.54. The Morgan fingerprint density at radius 2 is 1.85 bits per heavy atom. The predicted octanol–water partition coefficient (Wildman–Crippen LogP) is 3.19. The summed E-state index contributed by atoms with van der Waals surface area (Å²) in [5.74, 6) is 1.40. The minimum Gasteiger partial charge on any atom is -0.444 e. The molecule has 34 heavy (non-hydrogen) atoms. The Kier molecular flexibility index (Phi) is 12.0. The van der Waals surface area contributed by atoms with Crippen molar-refractivity contribution in [1.82, 2.24) is 15.5 Å². The van der Waals surface area contributed by atoms with Crippen LogP contribution in [-0.2, 0) is 14.3 Å². The van der Waals surface area contributed by atoms with Crippen LogP contribution in [-0.4, -0.2) is 53.3 Å². The van der Waals surface area contributed by atoms with Crippen LogP contribution >= 0.6 is 12.6 Å². The van der Waals surface area contributed by atoms with E-state index in [0.717, 1.165) is 24.2 Å². The highest BCUT2D eigenvalue weighted by Crippen LogP contribution is 2.23. The smallest absolute Gasteiger partial charge is 0.408 e. The maximum absolute atomic E-state index is 13.4. The van der Waals surface area contributed by atoms with E-state index in [0.29, 0.717) is 17.7 Å². The molecule has 0 aliphatic carbocycles. The van der Waals surface area contributed by atoms with Gasteiger partial charge in [-0.1, -0.05) is 37.8 Å². The fourth-order valence-electron chi connectivity index (χ4n) is 3.13. The van der Waals surface area contributed by atoms with Gasteiger partial charge in [0.1, 0.15) is 24.2 Å². The number of carbonyl (C=O) groups is 3. The monoisotopic (exact) mass is 486 g/mol. The summed E-state index contributed by atoms with van der Waals surface area (Å²) in [7, 11) is 0. The van der Waals surface area contributed by atoms with Gasteiger partial charge >= 0.3 is 6.09 Å². The Labute approximate surface area is 207 Å². The Hall–Kier alpha value is -3.17. The molecule has 0 saturated heterocycles. The van der Waals surface area contributed by atoms with Crippen molar-refractivity contribution in [1.29, 1.82) is 5.26 Å². The van der Waals surface area contributed by atoms with Gasteiger partial charge in [-0.2, -0.15) is 17.9 Å². The number of hydrogen-bond donors (Lipinski definition) is 3. The summed E-state index contributed by atoms with van der Waals surface area (Å²) < 4.78 is 5.24. The number of carbonyl (C=O) groups excluding carboxylic acids is 3. The number of alkyl carbamates (subject to hydrolysis) is 1. The first-order chi connectivity index (χ1) is 16.1. The number of ether oxygens (including phenoxy) is 1. The van der Waals surface area contributed by atoms with Gasteiger partial charge in [-0.15, -0.1) is 6.42 Å². The second-order valence-corrected chi connectivity index (χ2v) is 9.04. The molecule has 8 nitrogen and oxygen atoms in total. The van der Waals surface area contributed by atoms with E-state index >= 15 is 0 Å². The molecule has 3 amide bonds. The third kappa shape index (κ3) is 9.36. The molecule has 1 rings (SSSR count). The molecular formula is C25H34N4O4S. The van der Waals surface area contributed by atoms with Crippen LogP contribution in [0.5, 0.6) is 0 Å². The molecule has 0 fully saturated rings. The molecule has 9 heteroatoms. The second-order valence-electron chi connectivity index (χ2n) is 8.67. The van der Waals surface area contributed by atoms with Gasteiger partial charge in [-0.25, -0.2) is 4.79 Å². The third-order valence-electron chi connectivity index (χ3n) is 4.73. The van der Waals surface area contributed by atoms with E-state index in [1.165, 1.54) is 0 Å². The average Bonchev–Trinajstić information content (AvgIpc) is 2.78. The van der Waals surface area contributed by atoms with Crippen molar-refractivity contribution in [2.24, 2.45) is 0 Å². The van der Waals surface area contributed by atoms with E-state index in [9.17, 15) is 19.6 Å². The normalized spacial score (nSPS) is 12.4. The molecule has 2 unspecified atom stereocenters. The van der Waals surface area contributed by atoms with Crippen molar-refractivity contribution in [3.63, 3.8) is 0 Å². The lowest BCUT2D eigenvalue weighted by molar-refractivity contribution is -0.141. The fraction of sp³-hybridized carbons (Fsp3) is 0.520. The van der Waals surface area contributed by atoms with Gasteiger partial charge in [0.25, 0.3) is 0 Å². The molecule has 0 radical (unpaired) electrons. The maximum Gasteiger partial charge on any atom is 0.408 e. The Bertz CT molecular complexity index is 913. The molecule has 0 aromatic heterocycles. The highest BCUT2D eigenvalue weighted by molar-refractivity contribution is 7.80. The molecule has 1 aromatic carbocycles. The summed E-state index contributed by atoms with van der Waals surface area (Å²) in [6.45, 7) is 7.22. The lowest BCUT2D eigenvalue weighted by atomic mass is 10.0. The summed E-state index contributed by atoms with van der Waals surface area (Å²) in [4.78, 5) is 40.0. The zero-order chi connectivity index (χ0) is 25.7. The van der Waals surface area contributed by atoms with Crippen LogP contribution in [0.15, 0.2) is 24.3 Å². The Morgan fingerprint density at radius 3 is 2.35 bits per heavy atom. The molecule has 1 aromatic rings. The number of nitrogens with one attached hydrogen (secondary N) is 2. The first kappa shape index (κ1) is 28.9. The summed E-state index contributed by atoms with van der Waals surface area (Å²) in [6, 6.07) is 6.38. The largest absolute Gasteiger partial charge is 0.444 e. The number of hydrogen-bond acceptors (Lipinski definition) is 6. The molecule has 0 bridgehead atoms. The molecule has 184 valence electrons. The summed E-state index contributed by atoms with van der Waals surface area (Å²) in [5.41, 5.74) is 0.343. The van der Waals surface area contributed by atoms with Crippen LogP contribution in [0.25, 0.3) is 0 Å². The molecule has 0 aliphatic rings. The third-order valence-corrected chi connectivity index (χ3v) is 5.09. The van der Waals surface area contributed by atoms with Gasteiger partial charge in [-0.3, -0.25) is 9.59 Å². The number of nitrogens with zero attached hydrogens (tertiary/aromatic N) is 2. The van der Waals surface area contributed by atoms with Gasteiger partial charge in [0, 0.05) is 17.9 Å². The van der Waals surface area contributed by atoms with Crippen LogP contribution in [0.1, 0.15) is 64.1 Å². The van der Waals surface area contributed by atoms with Crippen LogP contribution < -0.4 is 10.6 Å². The Balaban J connectivity index is 3.28. The van der Waals surface area contributed by atoms with Gasteiger partial charge in [-0.05, 0) is 44.9 Å². The van der Waals surface area contributed by atoms with E-state index in [2.05, 4.69) is 36.1 Å². The first-order valence-corrected chi connectivity index (χ1v) is 11.8. The van der Waals surface area contributed by atoms with Gasteiger partial charge < -0.3 is 20.3 Å². The summed E-state index contributed by atoms with van der Waals surface area (Å²) in [6.07, 6.45) is 7.37. The number of thiol groups is 1. The van der Waals surface area contributed by atoms with Crippen LogP contribution in [0.3, 0.4) is 0 Å². The maximum atomic E-state index is 13.4. The van der Waals surface area contributed by atoms with Crippen molar-refractivity contribution >= 4 is 30.5 Å². The van der Waals surface area contributed by atoms with E-state index in [4.69, 9.17) is 11.2 Å². The van der Waals surface area contributed by atoms with Gasteiger partial charge in [0.15, 0.2) is 0 Å². The quantitative estimate of drug-likeness (QED) is 0.193. The van der Waals surface area contributed by atoms with E-state index in [1.54, 1.807) is 45.0 Å². The predicted molar refractivity (Wildman–Crippen MR) is 134 cm³/mol. The van der Waals surface area contributed by atoms with E-state index in [1.807, 2.05) is 6.07 Å². The zero-order valence-corrected chi connectivity index (χ0v) is 21.2. The minimum atomic E-state index is -1.10. The fourth-order valence-corrected chi connectivity index (χ4v) is 3.37. The topological polar surface area (TPSA) is 112 Å². The summed E-state index contributed by atoms with van der Waals surface area (Å²) in [5, 5.41) is 14.8. The zero-order valence-electron chi connectivity index (χ0n) is 20.3. The highest BCUT2D eigenvalue weighted by Gasteiger charge is 2.35. The van der Waals surface area contributed by atoms with Crippen molar-refractivity contribution in [2.75, 3.05) is 18.8 Å². The molecular weight excluding hydrogens is 452 g/mol. The first-order valence-electron chi connectivity index (χ1n) is 11.2. The number of amides is 3. The van der Waals surface area contributed by atoms with Gasteiger partial charge in [0.2, 0.25) is 11.8 Å². The van der Waals surface area contributed by atoms with Crippen LogP contribution in [0.2, 0.25) is 0 Å². The van der Waals surface area contributed by atoms with Crippen molar-refractivity contribution in [3.8, 4) is 18.4 Å². The number of rotatable bonds is 11. The molecule has 0 spiro atoms. The average molecular weight is 487 g/mol. The molecule has 2 atom stereocenters. The molecule has 0 aliphatic heterocycles. The van der Waals surface area contributed by atoms with Crippen molar-refractivity contribution in [2.45, 2.75) is 64.6 Å². The van der Waals surface area contributed by atoms with Crippen molar-refractivity contribution in [3.05, 3.63) is 35.4 Å². The molecule has 0 saturated carbocycles. The number of benzene rings is 1. The van der Waals surface area contributed by atoms with Crippen LogP contribution in [0, 0.1) is 23.7 Å². The Morgan fingerprint density at radius 1 is 1.21 bits per heavy atom. The minimum absolute atomic E-state index is 0.0547. The second kappa shape index (κ2) is 14.2.